The molecule has 3 rings (SSSR count). The monoisotopic (exact) mass is 357 g/mol. The highest BCUT2D eigenvalue weighted by Gasteiger charge is 2.20. The highest BCUT2D eigenvalue weighted by atomic mass is 32.1. The first-order valence-corrected chi connectivity index (χ1v) is 9.36. The van der Waals surface area contributed by atoms with Gasteiger partial charge in [-0.3, -0.25) is 4.79 Å². The Kier molecular flexibility index (Phi) is 5.56. The summed E-state index contributed by atoms with van der Waals surface area (Å²) in [6.45, 7) is 7.21. The number of amides is 1. The number of thiophene rings is 1. The van der Waals surface area contributed by atoms with Crippen LogP contribution >= 0.6 is 11.3 Å². The van der Waals surface area contributed by atoms with Gasteiger partial charge in [-0.2, -0.15) is 0 Å². The molecule has 25 heavy (non-hydrogen) atoms. The van der Waals surface area contributed by atoms with Gasteiger partial charge in [0.25, 0.3) is 5.91 Å². The molecular weight excluding hydrogens is 334 g/mol. The van der Waals surface area contributed by atoms with Gasteiger partial charge in [0.15, 0.2) is 5.58 Å². The molecule has 0 aliphatic rings. The van der Waals surface area contributed by atoms with E-state index in [1.54, 1.807) is 11.3 Å². The number of fused-ring (bicyclic) bond motifs is 1. The van der Waals surface area contributed by atoms with E-state index in [1.165, 1.54) is 0 Å². The fourth-order valence-corrected chi connectivity index (χ4v) is 3.71. The summed E-state index contributed by atoms with van der Waals surface area (Å²) in [5, 5.41) is 2.97. The molecule has 0 saturated carbocycles. The number of hydrogen-bond acceptors (Lipinski definition) is 4. The minimum Gasteiger partial charge on any atom is -0.454 e. The van der Waals surface area contributed by atoms with Crippen molar-refractivity contribution in [3.8, 4) is 11.3 Å². The van der Waals surface area contributed by atoms with Gasteiger partial charge in [0.2, 0.25) is 0 Å². The maximum absolute atomic E-state index is 12.6. The molecule has 0 saturated heterocycles. The minimum atomic E-state index is -0.0812. The summed E-state index contributed by atoms with van der Waals surface area (Å²) in [6.07, 6.45) is 1.01. The van der Waals surface area contributed by atoms with Crippen LogP contribution in [0.5, 0.6) is 0 Å². The Labute approximate surface area is 151 Å². The highest BCUT2D eigenvalue weighted by Crippen LogP contribution is 2.36. The molecule has 132 valence electrons. The van der Waals surface area contributed by atoms with Gasteiger partial charge in [0.1, 0.15) is 5.76 Å². The Hall–Kier alpha value is -2.11. The number of carbonyl (C=O) groups is 1. The van der Waals surface area contributed by atoms with Crippen molar-refractivity contribution in [1.82, 2.24) is 5.32 Å². The number of aryl methyl sites for hydroxylation is 1. The zero-order valence-electron chi connectivity index (χ0n) is 14.8. The SMILES string of the molecule is Cc1sc2cc(-c3ccccc3)oc2c1C(=O)NCCCOC(C)C. The van der Waals surface area contributed by atoms with E-state index in [1.807, 2.05) is 57.2 Å². The maximum Gasteiger partial charge on any atom is 0.256 e. The van der Waals surface area contributed by atoms with Crippen LogP contribution in [0.25, 0.3) is 21.6 Å². The minimum absolute atomic E-state index is 0.0812. The van der Waals surface area contributed by atoms with E-state index in [2.05, 4.69) is 5.32 Å². The Morgan fingerprint density at radius 3 is 2.76 bits per heavy atom. The summed E-state index contributed by atoms with van der Waals surface area (Å²) < 4.78 is 12.5. The topological polar surface area (TPSA) is 51.5 Å². The molecule has 0 bridgehead atoms. The van der Waals surface area contributed by atoms with Gasteiger partial charge in [0, 0.05) is 29.7 Å². The van der Waals surface area contributed by atoms with Gasteiger partial charge in [0.05, 0.1) is 16.4 Å². The zero-order chi connectivity index (χ0) is 17.8. The van der Waals surface area contributed by atoms with E-state index in [4.69, 9.17) is 9.15 Å². The molecule has 0 atom stereocenters. The third-order valence-corrected chi connectivity index (χ3v) is 4.92. The second-order valence-corrected chi connectivity index (χ2v) is 7.49. The standard InChI is InChI=1S/C20H23NO3S/c1-13(2)23-11-7-10-21-20(22)18-14(3)25-17-12-16(24-19(17)18)15-8-5-4-6-9-15/h4-6,8-9,12-13H,7,10-11H2,1-3H3,(H,21,22). The van der Waals surface area contributed by atoms with Crippen molar-refractivity contribution in [2.24, 2.45) is 0 Å². The number of ether oxygens (including phenoxy) is 1. The molecule has 1 N–H and O–H groups in total. The fraction of sp³-hybridized carbons (Fsp3) is 0.350. The van der Waals surface area contributed by atoms with Gasteiger partial charge in [-0.15, -0.1) is 11.3 Å². The molecular formula is C20H23NO3S. The first-order valence-electron chi connectivity index (χ1n) is 8.54. The summed E-state index contributed by atoms with van der Waals surface area (Å²) in [5.74, 6) is 0.712. The van der Waals surface area contributed by atoms with Crippen LogP contribution in [0.1, 0.15) is 35.5 Å². The Morgan fingerprint density at radius 1 is 1.28 bits per heavy atom. The number of carbonyl (C=O) groups excluding carboxylic acids is 1. The lowest BCUT2D eigenvalue weighted by molar-refractivity contribution is 0.0757. The summed E-state index contributed by atoms with van der Waals surface area (Å²) in [7, 11) is 0. The number of furan rings is 1. The molecule has 1 aromatic carbocycles. The zero-order valence-corrected chi connectivity index (χ0v) is 15.6. The van der Waals surface area contributed by atoms with Crippen LogP contribution < -0.4 is 5.32 Å². The Balaban J connectivity index is 1.73. The molecule has 0 radical (unpaired) electrons. The first-order chi connectivity index (χ1) is 12.1. The lowest BCUT2D eigenvalue weighted by atomic mass is 10.2. The van der Waals surface area contributed by atoms with E-state index in [-0.39, 0.29) is 12.0 Å². The van der Waals surface area contributed by atoms with Crippen molar-refractivity contribution >= 4 is 27.5 Å². The van der Waals surface area contributed by atoms with E-state index < -0.39 is 0 Å². The molecule has 3 aromatic rings. The molecule has 1 amide bonds. The Morgan fingerprint density at radius 2 is 2.04 bits per heavy atom. The predicted octanol–water partition coefficient (Wildman–Crippen LogP) is 5.01. The normalized spacial score (nSPS) is 11.4. The van der Waals surface area contributed by atoms with Gasteiger partial charge < -0.3 is 14.5 Å². The van der Waals surface area contributed by atoms with Crippen molar-refractivity contribution in [1.29, 1.82) is 0 Å². The van der Waals surface area contributed by atoms with Crippen LogP contribution in [-0.2, 0) is 4.74 Å². The highest BCUT2D eigenvalue weighted by molar-refractivity contribution is 7.19. The quantitative estimate of drug-likeness (QED) is 0.604. The summed E-state index contributed by atoms with van der Waals surface area (Å²) in [6, 6.07) is 11.9. The molecule has 0 spiro atoms. The molecule has 0 unspecified atom stereocenters. The number of nitrogens with one attached hydrogen (secondary N) is 1. The molecule has 0 aliphatic carbocycles. The average molecular weight is 357 g/mol. The van der Waals surface area contributed by atoms with Crippen molar-refractivity contribution in [3.63, 3.8) is 0 Å². The molecule has 4 nitrogen and oxygen atoms in total. The van der Waals surface area contributed by atoms with Crippen LogP contribution in [0.4, 0.5) is 0 Å². The summed E-state index contributed by atoms with van der Waals surface area (Å²) >= 11 is 1.59. The third kappa shape index (κ3) is 4.11. The third-order valence-electron chi connectivity index (χ3n) is 3.88. The molecule has 0 aliphatic heterocycles. The fourth-order valence-electron chi connectivity index (χ4n) is 2.69. The van der Waals surface area contributed by atoms with Crippen LogP contribution in [0.2, 0.25) is 0 Å². The van der Waals surface area contributed by atoms with Crippen LogP contribution in [0.3, 0.4) is 0 Å². The van der Waals surface area contributed by atoms with Gasteiger partial charge >= 0.3 is 0 Å². The first kappa shape index (κ1) is 17.7. The second-order valence-electron chi connectivity index (χ2n) is 6.23. The van der Waals surface area contributed by atoms with Crippen molar-refractivity contribution in [2.75, 3.05) is 13.2 Å². The van der Waals surface area contributed by atoms with Crippen LogP contribution in [0.15, 0.2) is 40.8 Å². The van der Waals surface area contributed by atoms with Gasteiger partial charge in [-0.05, 0) is 27.2 Å². The smallest absolute Gasteiger partial charge is 0.256 e. The maximum atomic E-state index is 12.6. The largest absolute Gasteiger partial charge is 0.454 e. The summed E-state index contributed by atoms with van der Waals surface area (Å²) in [5.41, 5.74) is 2.34. The predicted molar refractivity (Wildman–Crippen MR) is 102 cm³/mol. The number of hydrogen-bond donors (Lipinski definition) is 1. The molecule has 5 heteroatoms. The van der Waals surface area contributed by atoms with Crippen LogP contribution in [0, 0.1) is 6.92 Å². The van der Waals surface area contributed by atoms with Crippen molar-refractivity contribution in [2.45, 2.75) is 33.3 Å². The lowest BCUT2D eigenvalue weighted by Gasteiger charge is -2.08. The van der Waals surface area contributed by atoms with Gasteiger partial charge in [-0.1, -0.05) is 30.3 Å². The van der Waals surface area contributed by atoms with Crippen molar-refractivity contribution in [3.05, 3.63) is 46.8 Å². The Bertz CT molecular complexity index is 849. The van der Waals surface area contributed by atoms with Crippen molar-refractivity contribution < 1.29 is 13.9 Å². The number of rotatable bonds is 7. The number of benzene rings is 1. The molecule has 2 aromatic heterocycles. The lowest BCUT2D eigenvalue weighted by Crippen LogP contribution is -2.25. The van der Waals surface area contributed by atoms with Crippen LogP contribution in [-0.4, -0.2) is 25.2 Å². The molecule has 0 fully saturated rings. The van der Waals surface area contributed by atoms with E-state index in [0.717, 1.165) is 27.3 Å². The van der Waals surface area contributed by atoms with E-state index >= 15 is 0 Å². The summed E-state index contributed by atoms with van der Waals surface area (Å²) in [4.78, 5) is 13.6. The van der Waals surface area contributed by atoms with E-state index in [0.29, 0.717) is 24.3 Å². The molecule has 2 heterocycles. The average Bonchev–Trinajstić information content (AvgIpc) is 3.11. The second kappa shape index (κ2) is 7.85. The van der Waals surface area contributed by atoms with Gasteiger partial charge in [-0.25, -0.2) is 0 Å². The van der Waals surface area contributed by atoms with E-state index in [9.17, 15) is 4.79 Å².